The number of Topliss-reactive ketones (excluding diaryl/α,β-unsaturated/α-hetero) is 1. The minimum absolute atomic E-state index is 0.236. The summed E-state index contributed by atoms with van der Waals surface area (Å²) in [7, 11) is 0. The Balaban J connectivity index is 2.19. The largest absolute Gasteiger partial charge is 0.372 e. The molecule has 2 nitrogen and oxygen atoms in total. The first-order valence-electron chi connectivity index (χ1n) is 5.39. The smallest absolute Gasteiger partial charge is 0.163 e. The maximum atomic E-state index is 11.8. The lowest BCUT2D eigenvalue weighted by atomic mass is 9.98. The second-order valence-corrected chi connectivity index (χ2v) is 4.50. The van der Waals surface area contributed by atoms with Gasteiger partial charge < -0.3 is 4.74 Å². The van der Waals surface area contributed by atoms with Gasteiger partial charge in [0, 0.05) is 12.0 Å². The molecule has 1 aliphatic rings. The summed E-state index contributed by atoms with van der Waals surface area (Å²) >= 11 is 0. The second kappa shape index (κ2) is 4.15. The van der Waals surface area contributed by atoms with Crippen LogP contribution in [0.4, 0.5) is 0 Å². The Hall–Kier alpha value is -1.15. The molecular weight excluding hydrogens is 188 g/mol. The minimum atomic E-state index is 0.236. The summed E-state index contributed by atoms with van der Waals surface area (Å²) in [5.41, 5.74) is 3.22. The van der Waals surface area contributed by atoms with E-state index in [0.717, 1.165) is 5.56 Å². The zero-order chi connectivity index (χ0) is 10.8. The van der Waals surface area contributed by atoms with Gasteiger partial charge in [-0.15, -0.1) is 0 Å². The van der Waals surface area contributed by atoms with E-state index >= 15 is 0 Å². The number of hydrogen-bond acceptors (Lipinski definition) is 2. The van der Waals surface area contributed by atoms with E-state index in [1.165, 1.54) is 11.1 Å². The Kier molecular flexibility index (Phi) is 2.87. The molecule has 2 heteroatoms. The summed E-state index contributed by atoms with van der Waals surface area (Å²) in [6.07, 6.45) is 0.625. The fourth-order valence-corrected chi connectivity index (χ4v) is 1.83. The summed E-state index contributed by atoms with van der Waals surface area (Å²) in [6, 6.07) is 5.90. The predicted octanol–water partition coefficient (Wildman–Crippen LogP) is 2.95. The maximum absolute atomic E-state index is 11.8. The summed E-state index contributed by atoms with van der Waals surface area (Å²) < 4.78 is 5.32. The zero-order valence-electron chi connectivity index (χ0n) is 9.25. The molecule has 2 rings (SSSR count). The highest BCUT2D eigenvalue weighted by atomic mass is 16.5. The first-order chi connectivity index (χ1) is 7.16. The lowest BCUT2D eigenvalue weighted by Crippen LogP contribution is -2.04. The van der Waals surface area contributed by atoms with Gasteiger partial charge in [-0.2, -0.15) is 0 Å². The normalized spacial score (nSPS) is 14.3. The molecule has 0 amide bonds. The highest BCUT2D eigenvalue weighted by Gasteiger charge is 2.14. The Bertz CT molecular complexity index is 380. The van der Waals surface area contributed by atoms with Crippen molar-refractivity contribution >= 4 is 5.78 Å². The highest BCUT2D eigenvalue weighted by Crippen LogP contribution is 2.22. The number of carbonyl (C=O) groups is 1. The average molecular weight is 204 g/mol. The fourth-order valence-electron chi connectivity index (χ4n) is 1.83. The molecule has 0 aliphatic carbocycles. The van der Waals surface area contributed by atoms with Gasteiger partial charge in [0.15, 0.2) is 5.78 Å². The van der Waals surface area contributed by atoms with Crippen molar-refractivity contribution in [3.8, 4) is 0 Å². The van der Waals surface area contributed by atoms with Gasteiger partial charge >= 0.3 is 0 Å². The van der Waals surface area contributed by atoms with Crippen molar-refractivity contribution in [2.24, 2.45) is 5.92 Å². The Morgan fingerprint density at radius 1 is 1.33 bits per heavy atom. The molecule has 1 aromatic rings. The van der Waals surface area contributed by atoms with Crippen LogP contribution in [0.25, 0.3) is 0 Å². The Morgan fingerprint density at radius 3 is 2.80 bits per heavy atom. The van der Waals surface area contributed by atoms with Gasteiger partial charge in [-0.05, 0) is 23.1 Å². The molecule has 0 radical (unpaired) electrons. The quantitative estimate of drug-likeness (QED) is 0.707. The second-order valence-electron chi connectivity index (χ2n) is 4.50. The third-order valence-electron chi connectivity index (χ3n) is 2.64. The van der Waals surface area contributed by atoms with Crippen LogP contribution in [-0.4, -0.2) is 5.78 Å². The van der Waals surface area contributed by atoms with Crippen molar-refractivity contribution in [2.75, 3.05) is 0 Å². The lowest BCUT2D eigenvalue weighted by Gasteiger charge is -2.05. The molecule has 15 heavy (non-hydrogen) atoms. The van der Waals surface area contributed by atoms with Crippen molar-refractivity contribution in [1.82, 2.24) is 0 Å². The van der Waals surface area contributed by atoms with E-state index in [-0.39, 0.29) is 5.78 Å². The molecule has 1 aromatic carbocycles. The molecule has 0 N–H and O–H groups in total. The van der Waals surface area contributed by atoms with Crippen LogP contribution in [0.2, 0.25) is 0 Å². The van der Waals surface area contributed by atoms with E-state index in [1.807, 2.05) is 18.2 Å². The number of ketones is 1. The molecule has 0 saturated heterocycles. The highest BCUT2D eigenvalue weighted by molar-refractivity contribution is 5.96. The first kappa shape index (κ1) is 10.4. The standard InChI is InChI=1S/C13H16O2/c1-9(2)5-13(14)10-3-4-11-7-15-8-12(11)6-10/h3-4,6,9H,5,7-8H2,1-2H3. The first-order valence-corrected chi connectivity index (χ1v) is 5.39. The van der Waals surface area contributed by atoms with Crippen molar-refractivity contribution in [3.05, 3.63) is 34.9 Å². The molecule has 1 aliphatic heterocycles. The van der Waals surface area contributed by atoms with Crippen LogP contribution in [0, 0.1) is 5.92 Å². The van der Waals surface area contributed by atoms with Gasteiger partial charge in [0.05, 0.1) is 13.2 Å². The number of fused-ring (bicyclic) bond motifs is 1. The molecule has 80 valence electrons. The number of rotatable bonds is 3. The fraction of sp³-hybridized carbons (Fsp3) is 0.462. The molecule has 0 aromatic heterocycles. The third-order valence-corrected chi connectivity index (χ3v) is 2.64. The molecular formula is C13H16O2. The van der Waals surface area contributed by atoms with Gasteiger partial charge in [-0.1, -0.05) is 26.0 Å². The van der Waals surface area contributed by atoms with Crippen molar-refractivity contribution in [3.63, 3.8) is 0 Å². The molecule has 0 saturated carbocycles. The van der Waals surface area contributed by atoms with Gasteiger partial charge in [0.2, 0.25) is 0 Å². The lowest BCUT2D eigenvalue weighted by molar-refractivity contribution is 0.0967. The van der Waals surface area contributed by atoms with E-state index in [4.69, 9.17) is 4.74 Å². The third kappa shape index (κ3) is 2.26. The van der Waals surface area contributed by atoms with Crippen LogP contribution in [0.15, 0.2) is 18.2 Å². The molecule has 0 bridgehead atoms. The molecule has 0 atom stereocenters. The van der Waals surface area contributed by atoms with Crippen LogP contribution in [-0.2, 0) is 18.0 Å². The van der Waals surface area contributed by atoms with Crippen LogP contribution in [0.1, 0.15) is 41.8 Å². The number of hydrogen-bond donors (Lipinski definition) is 0. The molecule has 0 spiro atoms. The Morgan fingerprint density at radius 2 is 2.07 bits per heavy atom. The number of ether oxygens (including phenoxy) is 1. The van der Waals surface area contributed by atoms with E-state index in [1.54, 1.807) is 0 Å². The zero-order valence-corrected chi connectivity index (χ0v) is 9.25. The summed E-state index contributed by atoms with van der Waals surface area (Å²) in [4.78, 5) is 11.8. The summed E-state index contributed by atoms with van der Waals surface area (Å²) in [5.74, 6) is 0.654. The van der Waals surface area contributed by atoms with E-state index in [0.29, 0.717) is 25.6 Å². The van der Waals surface area contributed by atoms with E-state index in [2.05, 4.69) is 13.8 Å². The van der Waals surface area contributed by atoms with Crippen LogP contribution in [0.3, 0.4) is 0 Å². The van der Waals surface area contributed by atoms with Crippen LogP contribution < -0.4 is 0 Å². The molecule has 0 fully saturated rings. The summed E-state index contributed by atoms with van der Waals surface area (Å²) in [5, 5.41) is 0. The van der Waals surface area contributed by atoms with Crippen molar-refractivity contribution in [1.29, 1.82) is 0 Å². The molecule has 0 unspecified atom stereocenters. The Labute approximate surface area is 90.3 Å². The van der Waals surface area contributed by atoms with Gasteiger partial charge in [-0.25, -0.2) is 0 Å². The number of carbonyl (C=O) groups excluding carboxylic acids is 1. The topological polar surface area (TPSA) is 26.3 Å². The molecule has 1 heterocycles. The van der Waals surface area contributed by atoms with Crippen LogP contribution >= 0.6 is 0 Å². The van der Waals surface area contributed by atoms with E-state index in [9.17, 15) is 4.79 Å². The summed E-state index contributed by atoms with van der Waals surface area (Å²) in [6.45, 7) is 5.47. The SMILES string of the molecule is CC(C)CC(=O)c1ccc2c(c1)COC2. The van der Waals surface area contributed by atoms with Crippen molar-refractivity contribution < 1.29 is 9.53 Å². The van der Waals surface area contributed by atoms with Crippen LogP contribution in [0.5, 0.6) is 0 Å². The number of benzene rings is 1. The average Bonchev–Trinajstić information content (AvgIpc) is 2.62. The van der Waals surface area contributed by atoms with Gasteiger partial charge in [0.25, 0.3) is 0 Å². The maximum Gasteiger partial charge on any atom is 0.163 e. The minimum Gasteiger partial charge on any atom is -0.372 e. The van der Waals surface area contributed by atoms with Gasteiger partial charge in [0.1, 0.15) is 0 Å². The van der Waals surface area contributed by atoms with Gasteiger partial charge in [-0.3, -0.25) is 4.79 Å². The monoisotopic (exact) mass is 204 g/mol. The predicted molar refractivity (Wildman–Crippen MR) is 58.7 cm³/mol. The van der Waals surface area contributed by atoms with Crippen molar-refractivity contribution in [2.45, 2.75) is 33.5 Å². The van der Waals surface area contributed by atoms with E-state index < -0.39 is 0 Å².